The number of hydrogen-bond acceptors (Lipinski definition) is 5. The van der Waals surface area contributed by atoms with Gasteiger partial charge < -0.3 is 26.7 Å². The largest absolute Gasteiger partial charge is 0.384 e. The lowest BCUT2D eigenvalue weighted by atomic mass is 9.73. The quantitative estimate of drug-likeness (QED) is 0.218. The van der Waals surface area contributed by atoms with Crippen LogP contribution < -0.4 is 21.7 Å². The number of carbonyl (C=O) groups excluding carboxylic acids is 1. The third-order valence-electron chi connectivity index (χ3n) is 7.91. The third-order valence-corrected chi connectivity index (χ3v) is 8.24. The van der Waals surface area contributed by atoms with Gasteiger partial charge >= 0.3 is 0 Å². The summed E-state index contributed by atoms with van der Waals surface area (Å²) in [5.74, 6) is 0.560. The van der Waals surface area contributed by atoms with E-state index in [1.54, 1.807) is 0 Å². The fraction of sp³-hybridized carbons (Fsp3) is 0.467. The number of rotatable bonds is 8. The number of nitrogens with one attached hydrogen (secondary N) is 4. The van der Waals surface area contributed by atoms with Gasteiger partial charge in [0, 0.05) is 29.3 Å². The molecule has 1 heterocycles. The van der Waals surface area contributed by atoms with Crippen LogP contribution in [0.5, 0.6) is 0 Å². The molecule has 0 saturated heterocycles. The Kier molecular flexibility index (Phi) is 9.34. The van der Waals surface area contributed by atoms with Crippen molar-refractivity contribution in [2.45, 2.75) is 77.3 Å². The topological polar surface area (TPSA) is 108 Å². The van der Waals surface area contributed by atoms with Crippen molar-refractivity contribution in [2.75, 3.05) is 12.4 Å². The molecule has 0 unspecified atom stereocenters. The summed E-state index contributed by atoms with van der Waals surface area (Å²) < 4.78 is 0. The monoisotopic (exact) mass is 536 g/mol. The summed E-state index contributed by atoms with van der Waals surface area (Å²) in [5.41, 5.74) is 9.93. The van der Waals surface area contributed by atoms with Crippen molar-refractivity contribution in [3.05, 3.63) is 64.8 Å². The molecule has 0 spiro atoms. The fourth-order valence-electron chi connectivity index (χ4n) is 5.51. The van der Waals surface area contributed by atoms with Crippen LogP contribution in [0.1, 0.15) is 80.6 Å². The van der Waals surface area contributed by atoms with Crippen molar-refractivity contribution in [1.29, 1.82) is 0 Å². The van der Waals surface area contributed by atoms with E-state index in [-0.39, 0.29) is 11.3 Å². The van der Waals surface area contributed by atoms with Gasteiger partial charge in [-0.25, -0.2) is 4.98 Å². The van der Waals surface area contributed by atoms with Gasteiger partial charge in [-0.15, -0.1) is 0 Å². The standard InChI is InChI=1S/C29H36ClN5O.CH5N/c1-19(29(2)14-6-3-7-15-29)31-18-20-10-12-23(30)25(16-20)34-28-33-24-13-11-21(17-26(24)35-28)27(36)32-22-8-4-5-9-22;1-2/h10-13,16-17,22,31H,1,3-9,14-15,18H2,2H3,(H,32,36)(H2,33,34,35);2H2,1H3. The van der Waals surface area contributed by atoms with E-state index in [1.165, 1.54) is 52.0 Å². The van der Waals surface area contributed by atoms with Crippen LogP contribution in [-0.4, -0.2) is 29.0 Å². The van der Waals surface area contributed by atoms with Crippen LogP contribution in [0.25, 0.3) is 11.0 Å². The average Bonchev–Trinajstić information content (AvgIpc) is 3.59. The number of fused-ring (bicyclic) bond motifs is 1. The van der Waals surface area contributed by atoms with Crippen molar-refractivity contribution < 1.29 is 4.79 Å². The Balaban J connectivity index is 0.00000164. The first-order chi connectivity index (χ1) is 18.4. The molecular weight excluding hydrogens is 496 g/mol. The second-order valence-corrected chi connectivity index (χ2v) is 11.1. The van der Waals surface area contributed by atoms with E-state index in [0.29, 0.717) is 29.1 Å². The van der Waals surface area contributed by atoms with Crippen molar-refractivity contribution in [2.24, 2.45) is 11.1 Å². The number of benzene rings is 2. The molecule has 2 saturated carbocycles. The first kappa shape index (κ1) is 28.0. The van der Waals surface area contributed by atoms with Gasteiger partial charge in [0.05, 0.1) is 21.7 Å². The van der Waals surface area contributed by atoms with E-state index in [1.807, 2.05) is 36.4 Å². The average molecular weight is 537 g/mol. The van der Waals surface area contributed by atoms with E-state index in [2.05, 4.69) is 45.2 Å². The Morgan fingerprint density at radius 2 is 1.84 bits per heavy atom. The van der Waals surface area contributed by atoms with Gasteiger partial charge in [0.2, 0.25) is 5.95 Å². The van der Waals surface area contributed by atoms with Gasteiger partial charge in [0.15, 0.2) is 0 Å². The van der Waals surface area contributed by atoms with Crippen LogP contribution in [0.15, 0.2) is 48.7 Å². The number of carbonyl (C=O) groups is 1. The molecule has 5 rings (SSSR count). The van der Waals surface area contributed by atoms with Crippen LogP contribution in [0.2, 0.25) is 5.02 Å². The maximum absolute atomic E-state index is 12.7. The Hall–Kier alpha value is -3.03. The predicted octanol–water partition coefficient (Wildman–Crippen LogP) is 6.78. The molecule has 7 nitrogen and oxygen atoms in total. The number of anilines is 2. The molecule has 6 N–H and O–H groups in total. The van der Waals surface area contributed by atoms with Crippen LogP contribution in [0, 0.1) is 5.41 Å². The third kappa shape index (κ3) is 6.69. The molecule has 2 aromatic carbocycles. The van der Waals surface area contributed by atoms with E-state index >= 15 is 0 Å². The summed E-state index contributed by atoms with van der Waals surface area (Å²) in [5, 5.41) is 10.6. The molecule has 0 radical (unpaired) electrons. The fourth-order valence-corrected chi connectivity index (χ4v) is 5.68. The maximum Gasteiger partial charge on any atom is 0.251 e. The Bertz CT molecular complexity index is 1260. The first-order valence-corrected chi connectivity index (χ1v) is 14.1. The van der Waals surface area contributed by atoms with E-state index in [0.717, 1.165) is 40.8 Å². The molecule has 38 heavy (non-hydrogen) atoms. The minimum Gasteiger partial charge on any atom is -0.384 e. The SMILES string of the molecule is C=C(NCc1ccc(Cl)c(Nc2nc3ccc(C(=O)NC4CCCC4)cc3[nH]2)c1)C1(C)CCCCC1.CN. The van der Waals surface area contributed by atoms with Crippen LogP contribution >= 0.6 is 11.6 Å². The highest BCUT2D eigenvalue weighted by Gasteiger charge is 2.29. The number of amides is 1. The molecule has 3 aromatic rings. The number of nitrogens with zero attached hydrogens (tertiary/aromatic N) is 1. The molecule has 0 aliphatic heterocycles. The Morgan fingerprint density at radius 1 is 1.11 bits per heavy atom. The molecule has 2 aliphatic rings. The summed E-state index contributed by atoms with van der Waals surface area (Å²) in [7, 11) is 1.50. The summed E-state index contributed by atoms with van der Waals surface area (Å²) in [4.78, 5) is 20.6. The van der Waals surface area contributed by atoms with Gasteiger partial charge in [-0.2, -0.15) is 0 Å². The highest BCUT2D eigenvalue weighted by molar-refractivity contribution is 6.33. The van der Waals surface area contributed by atoms with E-state index in [4.69, 9.17) is 11.6 Å². The second-order valence-electron chi connectivity index (χ2n) is 10.7. The number of aromatic nitrogens is 2. The molecular formula is C30H41ClN6O. The van der Waals surface area contributed by atoms with Gasteiger partial charge in [0.1, 0.15) is 0 Å². The number of H-pyrrole nitrogens is 1. The normalized spacial score (nSPS) is 16.9. The van der Waals surface area contributed by atoms with Crippen LogP contribution in [0.3, 0.4) is 0 Å². The summed E-state index contributed by atoms with van der Waals surface area (Å²) in [6.07, 6.45) is 10.8. The van der Waals surface area contributed by atoms with Crippen molar-refractivity contribution in [3.8, 4) is 0 Å². The summed E-state index contributed by atoms with van der Waals surface area (Å²) >= 11 is 6.50. The lowest BCUT2D eigenvalue weighted by Gasteiger charge is -2.36. The molecule has 2 fully saturated rings. The summed E-state index contributed by atoms with van der Waals surface area (Å²) in [6.45, 7) is 7.36. The number of aromatic amines is 1. The molecule has 1 aromatic heterocycles. The minimum atomic E-state index is -0.0279. The van der Waals surface area contributed by atoms with Gasteiger partial charge in [-0.05, 0) is 68.6 Å². The highest BCUT2D eigenvalue weighted by atomic mass is 35.5. The zero-order chi connectivity index (χ0) is 27.1. The minimum absolute atomic E-state index is 0.0279. The van der Waals surface area contributed by atoms with E-state index in [9.17, 15) is 4.79 Å². The molecule has 204 valence electrons. The first-order valence-electron chi connectivity index (χ1n) is 13.8. The number of allylic oxidation sites excluding steroid dienone is 1. The lowest BCUT2D eigenvalue weighted by molar-refractivity contribution is 0.0938. The number of imidazole rings is 1. The number of nitrogens with two attached hydrogens (primary N) is 1. The predicted molar refractivity (Wildman–Crippen MR) is 158 cm³/mol. The lowest BCUT2D eigenvalue weighted by Crippen LogP contribution is -2.32. The highest BCUT2D eigenvalue weighted by Crippen LogP contribution is 2.40. The Labute approximate surface area is 231 Å². The smallest absolute Gasteiger partial charge is 0.251 e. The van der Waals surface area contributed by atoms with Crippen molar-refractivity contribution >= 4 is 40.2 Å². The molecule has 0 bridgehead atoms. The number of halogens is 1. The van der Waals surface area contributed by atoms with Gasteiger partial charge in [-0.1, -0.05) is 63.3 Å². The second kappa shape index (κ2) is 12.7. The van der Waals surface area contributed by atoms with Crippen LogP contribution in [0.4, 0.5) is 11.6 Å². The zero-order valence-corrected chi connectivity index (χ0v) is 23.4. The van der Waals surface area contributed by atoms with Crippen molar-refractivity contribution in [1.82, 2.24) is 20.6 Å². The maximum atomic E-state index is 12.7. The molecule has 2 aliphatic carbocycles. The molecule has 8 heteroatoms. The van der Waals surface area contributed by atoms with Gasteiger partial charge in [-0.3, -0.25) is 4.79 Å². The Morgan fingerprint density at radius 3 is 2.58 bits per heavy atom. The summed E-state index contributed by atoms with van der Waals surface area (Å²) in [6, 6.07) is 11.8. The zero-order valence-electron chi connectivity index (χ0n) is 22.6. The molecule has 0 atom stereocenters. The van der Waals surface area contributed by atoms with Crippen molar-refractivity contribution in [3.63, 3.8) is 0 Å². The van der Waals surface area contributed by atoms with Crippen LogP contribution in [-0.2, 0) is 6.54 Å². The molecule has 1 amide bonds. The van der Waals surface area contributed by atoms with Gasteiger partial charge in [0.25, 0.3) is 5.91 Å². The van der Waals surface area contributed by atoms with E-state index < -0.39 is 0 Å². The number of hydrogen-bond donors (Lipinski definition) is 5.